The highest BCUT2D eigenvalue weighted by molar-refractivity contribution is 7.80. The molecule has 182 valence electrons. The SMILES string of the molecule is CCc1ccc(-c2noc(C3=C(C)N(c4cc(C)cc(C)c4)C(=S)NC3c3ccc(C)cc3)n2)cc1. The van der Waals surface area contributed by atoms with Crippen LogP contribution in [0, 0.1) is 20.8 Å². The molecular formula is C30H30N4OS. The zero-order chi connectivity index (χ0) is 25.4. The molecule has 1 N–H and O–H groups in total. The lowest BCUT2D eigenvalue weighted by Crippen LogP contribution is -2.46. The summed E-state index contributed by atoms with van der Waals surface area (Å²) in [6, 6.07) is 23.0. The number of benzene rings is 3. The second kappa shape index (κ2) is 9.70. The van der Waals surface area contributed by atoms with E-state index < -0.39 is 0 Å². The van der Waals surface area contributed by atoms with E-state index in [4.69, 9.17) is 21.7 Å². The molecule has 1 aliphatic heterocycles. The fourth-order valence-corrected chi connectivity index (χ4v) is 5.12. The lowest BCUT2D eigenvalue weighted by atomic mass is 9.94. The molecule has 3 aromatic carbocycles. The maximum Gasteiger partial charge on any atom is 0.258 e. The molecule has 1 aliphatic rings. The second-order valence-electron chi connectivity index (χ2n) is 9.45. The molecule has 0 bridgehead atoms. The molecule has 5 nitrogen and oxygen atoms in total. The van der Waals surface area contributed by atoms with E-state index in [1.807, 2.05) is 12.1 Å². The van der Waals surface area contributed by atoms with Crippen molar-refractivity contribution in [3.8, 4) is 11.4 Å². The minimum atomic E-state index is -0.212. The van der Waals surface area contributed by atoms with E-state index in [-0.39, 0.29) is 6.04 Å². The van der Waals surface area contributed by atoms with Crippen LogP contribution in [-0.4, -0.2) is 15.3 Å². The van der Waals surface area contributed by atoms with Crippen molar-refractivity contribution >= 4 is 28.6 Å². The molecule has 0 saturated heterocycles. The van der Waals surface area contributed by atoms with Crippen LogP contribution in [0.2, 0.25) is 0 Å². The highest BCUT2D eigenvalue weighted by Crippen LogP contribution is 2.39. The van der Waals surface area contributed by atoms with Gasteiger partial charge in [-0.2, -0.15) is 4.98 Å². The fraction of sp³-hybridized carbons (Fsp3) is 0.233. The molecule has 6 heteroatoms. The predicted molar refractivity (Wildman–Crippen MR) is 150 cm³/mol. The van der Waals surface area contributed by atoms with Crippen molar-refractivity contribution in [2.45, 2.75) is 47.1 Å². The first-order valence-corrected chi connectivity index (χ1v) is 12.6. The van der Waals surface area contributed by atoms with E-state index in [9.17, 15) is 0 Å². The van der Waals surface area contributed by atoms with Gasteiger partial charge in [-0.05, 0) is 80.7 Å². The maximum atomic E-state index is 5.90. The average molecular weight is 495 g/mol. The summed E-state index contributed by atoms with van der Waals surface area (Å²) in [6.07, 6.45) is 0.988. The molecule has 1 atom stereocenters. The Kier molecular flexibility index (Phi) is 6.46. The van der Waals surface area contributed by atoms with Crippen LogP contribution in [0.15, 0.2) is 77.0 Å². The topological polar surface area (TPSA) is 54.2 Å². The molecule has 36 heavy (non-hydrogen) atoms. The van der Waals surface area contributed by atoms with Crippen LogP contribution < -0.4 is 10.2 Å². The molecule has 0 spiro atoms. The summed E-state index contributed by atoms with van der Waals surface area (Å²) in [7, 11) is 0. The molecular weight excluding hydrogens is 464 g/mol. The molecule has 0 fully saturated rings. The summed E-state index contributed by atoms with van der Waals surface area (Å²) < 4.78 is 5.90. The summed E-state index contributed by atoms with van der Waals surface area (Å²) in [6.45, 7) is 10.5. The van der Waals surface area contributed by atoms with Gasteiger partial charge in [0.15, 0.2) is 5.11 Å². The second-order valence-corrected chi connectivity index (χ2v) is 9.83. The fourth-order valence-electron chi connectivity index (χ4n) is 4.76. The van der Waals surface area contributed by atoms with Crippen molar-refractivity contribution in [1.82, 2.24) is 15.5 Å². The molecule has 4 aromatic rings. The van der Waals surface area contributed by atoms with Crippen LogP contribution in [-0.2, 0) is 6.42 Å². The van der Waals surface area contributed by atoms with E-state index >= 15 is 0 Å². The molecule has 1 unspecified atom stereocenters. The van der Waals surface area contributed by atoms with Crippen LogP contribution in [0.4, 0.5) is 5.69 Å². The van der Waals surface area contributed by atoms with Gasteiger partial charge in [-0.15, -0.1) is 0 Å². The normalized spacial score (nSPS) is 15.9. The highest BCUT2D eigenvalue weighted by Gasteiger charge is 2.34. The van der Waals surface area contributed by atoms with E-state index in [0.29, 0.717) is 16.8 Å². The van der Waals surface area contributed by atoms with Crippen LogP contribution in [0.25, 0.3) is 17.0 Å². The predicted octanol–water partition coefficient (Wildman–Crippen LogP) is 7.09. The van der Waals surface area contributed by atoms with Gasteiger partial charge in [-0.3, -0.25) is 4.90 Å². The minimum absolute atomic E-state index is 0.212. The number of hydrogen-bond donors (Lipinski definition) is 1. The molecule has 0 saturated carbocycles. The number of thiocarbonyl (C=S) groups is 1. The Morgan fingerprint density at radius 1 is 0.889 bits per heavy atom. The standard InChI is InChI=1S/C30H30N4OS/c1-6-22-9-13-24(14-10-22)28-32-29(35-33-28)26-21(5)34(25-16-19(3)15-20(4)17-25)30(36)31-27(26)23-11-7-18(2)8-12-23/h7-17,27H,6H2,1-5H3,(H,31,36). The molecule has 1 aromatic heterocycles. The zero-order valence-electron chi connectivity index (χ0n) is 21.3. The quantitative estimate of drug-likeness (QED) is 0.299. The average Bonchev–Trinajstić information content (AvgIpc) is 3.33. The first kappa shape index (κ1) is 23.9. The number of anilines is 1. The molecule has 2 heterocycles. The summed E-state index contributed by atoms with van der Waals surface area (Å²) >= 11 is 5.90. The van der Waals surface area contributed by atoms with Crippen molar-refractivity contribution < 1.29 is 4.52 Å². The van der Waals surface area contributed by atoms with E-state index in [1.165, 1.54) is 22.3 Å². The van der Waals surface area contributed by atoms with E-state index in [2.05, 4.69) is 105 Å². The smallest absolute Gasteiger partial charge is 0.258 e. The molecule has 0 amide bonds. The van der Waals surface area contributed by atoms with Gasteiger partial charge in [0.25, 0.3) is 5.89 Å². The van der Waals surface area contributed by atoms with Crippen LogP contribution in [0.5, 0.6) is 0 Å². The summed E-state index contributed by atoms with van der Waals surface area (Å²) in [5.41, 5.74) is 9.74. The van der Waals surface area contributed by atoms with Gasteiger partial charge in [0.05, 0.1) is 11.6 Å². The lowest BCUT2D eigenvalue weighted by Gasteiger charge is -2.37. The lowest BCUT2D eigenvalue weighted by molar-refractivity contribution is 0.404. The monoisotopic (exact) mass is 494 g/mol. The van der Waals surface area contributed by atoms with Crippen molar-refractivity contribution in [2.24, 2.45) is 0 Å². The zero-order valence-corrected chi connectivity index (χ0v) is 22.1. The summed E-state index contributed by atoms with van der Waals surface area (Å²) in [5, 5.41) is 8.53. The summed E-state index contributed by atoms with van der Waals surface area (Å²) in [5.74, 6) is 1.05. The third-order valence-corrected chi connectivity index (χ3v) is 6.94. The number of aromatic nitrogens is 2. The Balaban J connectivity index is 1.64. The van der Waals surface area contributed by atoms with Gasteiger partial charge in [0, 0.05) is 16.9 Å². The van der Waals surface area contributed by atoms with E-state index in [1.54, 1.807) is 0 Å². The summed E-state index contributed by atoms with van der Waals surface area (Å²) in [4.78, 5) is 6.91. The Morgan fingerprint density at radius 2 is 1.56 bits per heavy atom. The van der Waals surface area contributed by atoms with Gasteiger partial charge in [-0.25, -0.2) is 0 Å². The van der Waals surface area contributed by atoms with E-state index in [0.717, 1.165) is 34.5 Å². The number of nitrogens with zero attached hydrogens (tertiary/aromatic N) is 3. The number of nitrogens with one attached hydrogen (secondary N) is 1. The van der Waals surface area contributed by atoms with Crippen molar-refractivity contribution in [1.29, 1.82) is 0 Å². The van der Waals surface area contributed by atoms with Gasteiger partial charge in [-0.1, -0.05) is 72.2 Å². The third kappa shape index (κ3) is 4.56. The minimum Gasteiger partial charge on any atom is -0.351 e. The Hall–Kier alpha value is -3.77. The first-order valence-electron chi connectivity index (χ1n) is 12.2. The molecule has 5 rings (SSSR count). The van der Waals surface area contributed by atoms with Crippen LogP contribution in [0.3, 0.4) is 0 Å². The third-order valence-electron chi connectivity index (χ3n) is 6.64. The first-order chi connectivity index (χ1) is 17.3. The Bertz CT molecular complexity index is 1430. The number of rotatable bonds is 5. The van der Waals surface area contributed by atoms with Gasteiger partial charge >= 0.3 is 0 Å². The Morgan fingerprint density at radius 3 is 2.19 bits per heavy atom. The van der Waals surface area contributed by atoms with Crippen LogP contribution >= 0.6 is 12.2 Å². The number of hydrogen-bond acceptors (Lipinski definition) is 4. The van der Waals surface area contributed by atoms with Crippen molar-refractivity contribution in [3.05, 3.63) is 106 Å². The van der Waals surface area contributed by atoms with Crippen molar-refractivity contribution in [2.75, 3.05) is 4.90 Å². The highest BCUT2D eigenvalue weighted by atomic mass is 32.1. The Labute approximate surface area is 217 Å². The number of allylic oxidation sites excluding steroid dienone is 1. The van der Waals surface area contributed by atoms with Gasteiger partial charge in [0.1, 0.15) is 0 Å². The molecule has 0 radical (unpaired) electrons. The van der Waals surface area contributed by atoms with Gasteiger partial charge in [0.2, 0.25) is 5.82 Å². The number of aryl methyl sites for hydroxylation is 4. The van der Waals surface area contributed by atoms with Crippen molar-refractivity contribution in [3.63, 3.8) is 0 Å². The largest absolute Gasteiger partial charge is 0.351 e. The van der Waals surface area contributed by atoms with Crippen LogP contribution in [0.1, 0.15) is 53.6 Å². The molecule has 0 aliphatic carbocycles. The maximum absolute atomic E-state index is 5.90. The van der Waals surface area contributed by atoms with Gasteiger partial charge < -0.3 is 9.84 Å².